The van der Waals surface area contributed by atoms with Gasteiger partial charge in [-0.2, -0.15) is 11.8 Å². The van der Waals surface area contributed by atoms with Gasteiger partial charge in [-0.1, -0.05) is 37.5 Å². The lowest BCUT2D eigenvalue weighted by Crippen LogP contribution is -2.15. The van der Waals surface area contributed by atoms with Crippen LogP contribution in [0.4, 0.5) is 0 Å². The highest BCUT2D eigenvalue weighted by molar-refractivity contribution is 8.00. The van der Waals surface area contributed by atoms with Crippen molar-refractivity contribution in [1.29, 1.82) is 0 Å². The molecule has 1 aromatic rings. The van der Waals surface area contributed by atoms with Crippen molar-refractivity contribution in [2.24, 2.45) is 11.8 Å². The molecule has 0 aliphatic carbocycles. The summed E-state index contributed by atoms with van der Waals surface area (Å²) in [5.74, 6) is 4.90. The lowest BCUT2D eigenvalue weighted by atomic mass is 9.92. The number of hydrogen-bond acceptors (Lipinski definition) is 3. The van der Waals surface area contributed by atoms with Gasteiger partial charge in [0.05, 0.1) is 0 Å². The quantitative estimate of drug-likeness (QED) is 0.471. The van der Waals surface area contributed by atoms with E-state index >= 15 is 0 Å². The highest BCUT2D eigenvalue weighted by atomic mass is 32.2. The third kappa shape index (κ3) is 6.66. The van der Waals surface area contributed by atoms with Crippen LogP contribution in [0.25, 0.3) is 0 Å². The molecule has 1 aliphatic heterocycles. The van der Waals surface area contributed by atoms with Gasteiger partial charge in [-0.3, -0.25) is 4.79 Å². The topological polar surface area (TPSA) is 37.3 Å². The van der Waals surface area contributed by atoms with Crippen LogP contribution in [-0.4, -0.2) is 28.3 Å². The maximum atomic E-state index is 10.5. The van der Waals surface area contributed by atoms with Crippen LogP contribution in [-0.2, 0) is 4.79 Å². The molecule has 1 N–H and O–H groups in total. The molecule has 0 spiro atoms. The smallest absolute Gasteiger partial charge is 0.303 e. The Balaban J connectivity index is 1.60. The zero-order valence-corrected chi connectivity index (χ0v) is 14.7. The predicted molar refractivity (Wildman–Crippen MR) is 96.8 cm³/mol. The van der Waals surface area contributed by atoms with Crippen LogP contribution in [0.15, 0.2) is 35.2 Å². The molecule has 1 saturated heterocycles. The van der Waals surface area contributed by atoms with Gasteiger partial charge in [0.1, 0.15) is 0 Å². The van der Waals surface area contributed by atoms with Gasteiger partial charge in [-0.05, 0) is 48.3 Å². The molecule has 1 heterocycles. The maximum absolute atomic E-state index is 10.5. The Morgan fingerprint density at radius 2 is 1.82 bits per heavy atom. The molecule has 0 aromatic heterocycles. The Morgan fingerprint density at radius 1 is 1.09 bits per heavy atom. The minimum Gasteiger partial charge on any atom is -0.481 e. The zero-order chi connectivity index (χ0) is 15.6. The summed E-state index contributed by atoms with van der Waals surface area (Å²) in [5.41, 5.74) is 0. The summed E-state index contributed by atoms with van der Waals surface area (Å²) in [5, 5.41) is 8.63. The van der Waals surface area contributed by atoms with Crippen LogP contribution in [0.3, 0.4) is 0 Å². The summed E-state index contributed by atoms with van der Waals surface area (Å²) in [7, 11) is 0. The van der Waals surface area contributed by atoms with Gasteiger partial charge in [0.25, 0.3) is 0 Å². The molecule has 1 aliphatic rings. The van der Waals surface area contributed by atoms with E-state index < -0.39 is 5.97 Å². The Morgan fingerprint density at radius 3 is 2.59 bits per heavy atom. The molecule has 0 radical (unpaired) electrons. The van der Waals surface area contributed by atoms with Gasteiger partial charge >= 0.3 is 5.97 Å². The molecule has 0 amide bonds. The molecule has 2 rings (SSSR count). The Hall–Kier alpha value is -0.610. The molecule has 2 atom stereocenters. The summed E-state index contributed by atoms with van der Waals surface area (Å²) in [6.07, 6.45) is 6.00. The number of thioether (sulfide) groups is 2. The highest BCUT2D eigenvalue weighted by Gasteiger charge is 2.27. The first-order valence-electron chi connectivity index (χ1n) is 8.23. The summed E-state index contributed by atoms with van der Waals surface area (Å²) in [4.78, 5) is 11.8. The molecule has 0 bridgehead atoms. The largest absolute Gasteiger partial charge is 0.481 e. The Kier molecular flexibility index (Phi) is 8.24. The van der Waals surface area contributed by atoms with Crippen LogP contribution < -0.4 is 0 Å². The van der Waals surface area contributed by atoms with Crippen molar-refractivity contribution in [2.45, 2.75) is 43.4 Å². The third-order valence-electron chi connectivity index (χ3n) is 4.25. The molecule has 0 saturated carbocycles. The van der Waals surface area contributed by atoms with E-state index in [1.165, 1.54) is 41.4 Å². The Bertz CT molecular complexity index is 436. The van der Waals surface area contributed by atoms with Crippen molar-refractivity contribution >= 4 is 29.5 Å². The fourth-order valence-corrected chi connectivity index (χ4v) is 5.77. The predicted octanol–water partition coefficient (Wildman–Crippen LogP) is 5.18. The molecular weight excluding hydrogens is 312 g/mol. The fourth-order valence-electron chi connectivity index (χ4n) is 2.90. The monoisotopic (exact) mass is 338 g/mol. The standard InChI is InChI=1S/C18H26O2S2/c19-18(20)11-7-2-1-4-8-15-12-21-13-16(15)14-22-17-9-5-3-6-10-17/h3,5-6,9-10,15-16H,1-2,4,7-8,11-14H2,(H,19,20). The van der Waals surface area contributed by atoms with E-state index in [0.29, 0.717) is 6.42 Å². The number of aliphatic carboxylic acids is 1. The number of carboxylic acids is 1. The summed E-state index contributed by atoms with van der Waals surface area (Å²) in [6, 6.07) is 10.7. The normalized spacial score (nSPS) is 21.1. The maximum Gasteiger partial charge on any atom is 0.303 e. The third-order valence-corrected chi connectivity index (χ3v) is 6.78. The number of unbranched alkanes of at least 4 members (excludes halogenated alkanes) is 3. The van der Waals surface area contributed by atoms with Crippen molar-refractivity contribution in [1.82, 2.24) is 0 Å². The summed E-state index contributed by atoms with van der Waals surface area (Å²) in [6.45, 7) is 0. The van der Waals surface area contributed by atoms with E-state index in [2.05, 4.69) is 42.1 Å². The van der Waals surface area contributed by atoms with Crippen LogP contribution in [0, 0.1) is 11.8 Å². The van der Waals surface area contributed by atoms with E-state index in [1.54, 1.807) is 0 Å². The average molecular weight is 339 g/mol. The molecule has 22 heavy (non-hydrogen) atoms. The van der Waals surface area contributed by atoms with E-state index in [9.17, 15) is 4.79 Å². The number of benzene rings is 1. The van der Waals surface area contributed by atoms with Crippen molar-refractivity contribution in [3.63, 3.8) is 0 Å². The molecule has 2 nitrogen and oxygen atoms in total. The Labute approximate surface area is 142 Å². The SMILES string of the molecule is O=C(O)CCCCCCC1CSCC1CSc1ccccc1. The van der Waals surface area contributed by atoms with Crippen LogP contribution >= 0.6 is 23.5 Å². The fraction of sp³-hybridized carbons (Fsp3) is 0.611. The van der Waals surface area contributed by atoms with E-state index in [-0.39, 0.29) is 0 Å². The van der Waals surface area contributed by atoms with Crippen molar-refractivity contribution in [3.8, 4) is 0 Å². The number of hydrogen-bond donors (Lipinski definition) is 1. The molecule has 122 valence electrons. The molecule has 1 fully saturated rings. The van der Waals surface area contributed by atoms with Gasteiger partial charge in [-0.15, -0.1) is 11.8 Å². The second-order valence-electron chi connectivity index (χ2n) is 6.03. The minimum atomic E-state index is -0.662. The molecule has 2 unspecified atom stereocenters. The van der Waals surface area contributed by atoms with Gasteiger partial charge < -0.3 is 5.11 Å². The lowest BCUT2D eigenvalue weighted by molar-refractivity contribution is -0.137. The first-order chi connectivity index (χ1) is 10.8. The average Bonchev–Trinajstić information content (AvgIpc) is 2.97. The van der Waals surface area contributed by atoms with Gasteiger partial charge in [0.2, 0.25) is 0 Å². The van der Waals surface area contributed by atoms with Crippen molar-refractivity contribution in [3.05, 3.63) is 30.3 Å². The van der Waals surface area contributed by atoms with Crippen LogP contribution in [0.5, 0.6) is 0 Å². The van der Waals surface area contributed by atoms with Gasteiger partial charge in [0.15, 0.2) is 0 Å². The van der Waals surface area contributed by atoms with E-state index in [0.717, 1.165) is 24.7 Å². The highest BCUT2D eigenvalue weighted by Crippen LogP contribution is 2.37. The van der Waals surface area contributed by atoms with Gasteiger partial charge in [-0.25, -0.2) is 0 Å². The van der Waals surface area contributed by atoms with Crippen molar-refractivity contribution in [2.75, 3.05) is 17.3 Å². The van der Waals surface area contributed by atoms with Crippen LogP contribution in [0.1, 0.15) is 38.5 Å². The number of rotatable bonds is 10. The molecule has 4 heteroatoms. The molecule has 1 aromatic carbocycles. The number of carbonyl (C=O) groups is 1. The lowest BCUT2D eigenvalue weighted by Gasteiger charge is -2.18. The second kappa shape index (κ2) is 10.2. The van der Waals surface area contributed by atoms with Crippen LogP contribution in [0.2, 0.25) is 0 Å². The summed E-state index contributed by atoms with van der Waals surface area (Å²) < 4.78 is 0. The first-order valence-corrected chi connectivity index (χ1v) is 10.4. The molecular formula is C18H26O2S2. The van der Waals surface area contributed by atoms with Crippen molar-refractivity contribution < 1.29 is 9.90 Å². The number of carboxylic acid groups (broad SMARTS) is 1. The second-order valence-corrected chi connectivity index (χ2v) is 8.20. The summed E-state index contributed by atoms with van der Waals surface area (Å²) >= 11 is 4.10. The first kappa shape index (κ1) is 17.7. The van der Waals surface area contributed by atoms with E-state index in [1.807, 2.05) is 11.8 Å². The van der Waals surface area contributed by atoms with E-state index in [4.69, 9.17) is 5.11 Å². The van der Waals surface area contributed by atoms with Gasteiger partial charge in [0, 0.05) is 17.1 Å². The minimum absolute atomic E-state index is 0.329. The zero-order valence-electron chi connectivity index (χ0n) is 13.1.